The Labute approximate surface area is 130 Å². The maximum absolute atomic E-state index is 6.09. The van der Waals surface area contributed by atoms with Crippen LogP contribution in [0.1, 0.15) is 0 Å². The van der Waals surface area contributed by atoms with Crippen molar-refractivity contribution in [3.63, 3.8) is 0 Å². The molecule has 0 bridgehead atoms. The fourth-order valence-electron chi connectivity index (χ4n) is 3.06. The minimum Gasteiger partial charge on any atom is -0.382 e. The fraction of sp³-hybridized carbons (Fsp3) is 0. The highest BCUT2D eigenvalue weighted by molar-refractivity contribution is 6.14. The zero-order chi connectivity index (χ0) is 15.4. The molecule has 4 N–H and O–H groups in total. The SMILES string of the molecule is Nc1nc2ccccc2c2c(-c3ccc4[nH]ncc4c3)n[nH]c12. The van der Waals surface area contributed by atoms with E-state index in [-0.39, 0.29) is 0 Å². The third-order valence-corrected chi connectivity index (χ3v) is 4.15. The molecule has 0 amide bonds. The molecule has 110 valence electrons. The van der Waals surface area contributed by atoms with Crippen molar-refractivity contribution in [1.82, 2.24) is 25.4 Å². The lowest BCUT2D eigenvalue weighted by Gasteiger charge is -2.04. The van der Waals surface area contributed by atoms with Gasteiger partial charge in [-0.05, 0) is 18.2 Å². The third kappa shape index (κ3) is 1.66. The van der Waals surface area contributed by atoms with Crippen molar-refractivity contribution in [1.29, 1.82) is 0 Å². The number of nitrogens with one attached hydrogen (secondary N) is 2. The highest BCUT2D eigenvalue weighted by Crippen LogP contribution is 2.34. The average molecular weight is 300 g/mol. The van der Waals surface area contributed by atoms with E-state index in [1.165, 1.54) is 0 Å². The van der Waals surface area contributed by atoms with Gasteiger partial charge in [-0.2, -0.15) is 10.2 Å². The quantitative estimate of drug-likeness (QED) is 0.443. The van der Waals surface area contributed by atoms with Gasteiger partial charge < -0.3 is 5.73 Å². The molecule has 0 aliphatic rings. The van der Waals surface area contributed by atoms with Gasteiger partial charge in [-0.3, -0.25) is 10.2 Å². The van der Waals surface area contributed by atoms with Gasteiger partial charge in [0.25, 0.3) is 0 Å². The standard InChI is InChI=1S/C17H12N6/c18-17-16-14(11-3-1-2-4-13(11)20-17)15(22-23-16)9-5-6-12-10(7-9)8-19-21-12/h1-8H,(H2,18,20)(H,19,21)(H,22,23). The zero-order valence-electron chi connectivity index (χ0n) is 12.0. The van der Waals surface area contributed by atoms with Crippen LogP contribution in [0.15, 0.2) is 48.7 Å². The van der Waals surface area contributed by atoms with Gasteiger partial charge in [-0.25, -0.2) is 4.98 Å². The lowest BCUT2D eigenvalue weighted by Crippen LogP contribution is -1.92. The van der Waals surface area contributed by atoms with Crippen LogP contribution in [0, 0.1) is 0 Å². The lowest BCUT2D eigenvalue weighted by molar-refractivity contribution is 1.12. The van der Waals surface area contributed by atoms with E-state index in [1.807, 2.05) is 42.6 Å². The molecular formula is C17H12N6. The van der Waals surface area contributed by atoms with Crippen molar-refractivity contribution in [2.45, 2.75) is 0 Å². The Morgan fingerprint density at radius 3 is 2.87 bits per heavy atom. The predicted octanol–water partition coefficient (Wildman–Crippen LogP) is 3.24. The second-order valence-electron chi connectivity index (χ2n) is 5.51. The minimum absolute atomic E-state index is 0.460. The summed E-state index contributed by atoms with van der Waals surface area (Å²) >= 11 is 0. The molecule has 23 heavy (non-hydrogen) atoms. The largest absolute Gasteiger partial charge is 0.382 e. The maximum atomic E-state index is 6.09. The molecule has 0 fully saturated rings. The number of anilines is 1. The van der Waals surface area contributed by atoms with Gasteiger partial charge in [0.1, 0.15) is 17.0 Å². The number of fused-ring (bicyclic) bond motifs is 4. The van der Waals surface area contributed by atoms with Crippen LogP contribution in [-0.2, 0) is 0 Å². The molecule has 0 spiro atoms. The highest BCUT2D eigenvalue weighted by atomic mass is 15.1. The lowest BCUT2D eigenvalue weighted by atomic mass is 10.0. The molecule has 2 aromatic carbocycles. The summed E-state index contributed by atoms with van der Waals surface area (Å²) in [4.78, 5) is 4.44. The van der Waals surface area contributed by atoms with E-state index in [0.29, 0.717) is 5.82 Å². The summed E-state index contributed by atoms with van der Waals surface area (Å²) in [7, 11) is 0. The van der Waals surface area contributed by atoms with Crippen LogP contribution in [0.4, 0.5) is 5.82 Å². The Kier molecular flexibility index (Phi) is 2.27. The Bertz CT molecular complexity index is 1180. The second kappa shape index (κ2) is 4.30. The monoisotopic (exact) mass is 300 g/mol. The summed E-state index contributed by atoms with van der Waals surface area (Å²) in [6, 6.07) is 14.1. The van der Waals surface area contributed by atoms with Crippen molar-refractivity contribution in [3.05, 3.63) is 48.7 Å². The van der Waals surface area contributed by atoms with E-state index < -0.39 is 0 Å². The summed E-state index contributed by atoms with van der Waals surface area (Å²) in [6.45, 7) is 0. The molecular weight excluding hydrogens is 288 g/mol. The molecule has 5 aromatic rings. The Morgan fingerprint density at radius 2 is 1.91 bits per heavy atom. The Balaban J connectivity index is 1.91. The van der Waals surface area contributed by atoms with Crippen molar-refractivity contribution < 1.29 is 0 Å². The zero-order valence-corrected chi connectivity index (χ0v) is 12.0. The van der Waals surface area contributed by atoms with Crippen LogP contribution in [0.5, 0.6) is 0 Å². The summed E-state index contributed by atoms with van der Waals surface area (Å²) in [6.07, 6.45) is 1.81. The molecule has 0 saturated carbocycles. The van der Waals surface area contributed by atoms with Gasteiger partial charge in [0.2, 0.25) is 0 Å². The number of nitrogens with two attached hydrogens (primary N) is 1. The first kappa shape index (κ1) is 12.2. The maximum Gasteiger partial charge on any atom is 0.150 e. The molecule has 0 saturated heterocycles. The van der Waals surface area contributed by atoms with Crippen molar-refractivity contribution >= 4 is 38.5 Å². The summed E-state index contributed by atoms with van der Waals surface area (Å²) in [5.74, 6) is 0.460. The molecule has 5 rings (SSSR count). The fourth-order valence-corrected chi connectivity index (χ4v) is 3.06. The first-order valence-electron chi connectivity index (χ1n) is 7.27. The summed E-state index contributed by atoms with van der Waals surface area (Å²) < 4.78 is 0. The molecule has 0 aliphatic carbocycles. The third-order valence-electron chi connectivity index (χ3n) is 4.15. The first-order valence-corrected chi connectivity index (χ1v) is 7.27. The van der Waals surface area contributed by atoms with Crippen molar-refractivity contribution in [2.24, 2.45) is 0 Å². The van der Waals surface area contributed by atoms with Gasteiger partial charge >= 0.3 is 0 Å². The number of H-pyrrole nitrogens is 2. The molecule has 0 atom stereocenters. The number of para-hydroxylation sites is 1. The Hall–Kier alpha value is -3.41. The number of pyridine rings is 1. The summed E-state index contributed by atoms with van der Waals surface area (Å²) in [5, 5.41) is 17.6. The molecule has 6 heteroatoms. The van der Waals surface area contributed by atoms with E-state index in [4.69, 9.17) is 5.73 Å². The van der Waals surface area contributed by atoms with Crippen LogP contribution in [0.2, 0.25) is 0 Å². The van der Waals surface area contributed by atoms with Crippen molar-refractivity contribution in [3.8, 4) is 11.3 Å². The smallest absolute Gasteiger partial charge is 0.150 e. The molecule has 3 aromatic heterocycles. The van der Waals surface area contributed by atoms with E-state index in [9.17, 15) is 0 Å². The second-order valence-corrected chi connectivity index (χ2v) is 5.51. The van der Waals surface area contributed by atoms with E-state index in [1.54, 1.807) is 0 Å². The van der Waals surface area contributed by atoms with E-state index in [0.717, 1.165) is 44.0 Å². The van der Waals surface area contributed by atoms with Gasteiger partial charge in [-0.1, -0.05) is 24.3 Å². The van der Waals surface area contributed by atoms with E-state index in [2.05, 4.69) is 31.4 Å². The number of nitrogen functional groups attached to an aromatic ring is 1. The topological polar surface area (TPSA) is 96.3 Å². The normalized spacial score (nSPS) is 11.7. The van der Waals surface area contributed by atoms with Crippen LogP contribution >= 0.6 is 0 Å². The van der Waals surface area contributed by atoms with Gasteiger partial charge in [-0.15, -0.1) is 0 Å². The van der Waals surface area contributed by atoms with Crippen molar-refractivity contribution in [2.75, 3.05) is 5.73 Å². The Morgan fingerprint density at radius 1 is 1.00 bits per heavy atom. The average Bonchev–Trinajstić information content (AvgIpc) is 3.21. The van der Waals surface area contributed by atoms with Crippen LogP contribution in [-0.4, -0.2) is 25.4 Å². The minimum atomic E-state index is 0.460. The number of aromatic amines is 2. The van der Waals surface area contributed by atoms with Gasteiger partial charge in [0, 0.05) is 21.7 Å². The number of aromatic nitrogens is 5. The number of benzene rings is 2. The number of rotatable bonds is 1. The van der Waals surface area contributed by atoms with Crippen LogP contribution in [0.3, 0.4) is 0 Å². The molecule has 0 aliphatic heterocycles. The molecule has 3 heterocycles. The molecule has 0 radical (unpaired) electrons. The number of hydrogen-bond acceptors (Lipinski definition) is 4. The number of nitrogens with zero attached hydrogens (tertiary/aromatic N) is 3. The predicted molar refractivity (Wildman–Crippen MR) is 90.9 cm³/mol. The van der Waals surface area contributed by atoms with Gasteiger partial charge in [0.05, 0.1) is 17.2 Å². The molecule has 6 nitrogen and oxygen atoms in total. The summed E-state index contributed by atoms with van der Waals surface area (Å²) in [5.41, 5.74) is 10.6. The van der Waals surface area contributed by atoms with Crippen LogP contribution in [0.25, 0.3) is 44.0 Å². The van der Waals surface area contributed by atoms with E-state index >= 15 is 0 Å². The van der Waals surface area contributed by atoms with Crippen LogP contribution < -0.4 is 5.73 Å². The number of hydrogen-bond donors (Lipinski definition) is 3. The first-order chi connectivity index (χ1) is 11.3. The van der Waals surface area contributed by atoms with Gasteiger partial charge in [0.15, 0.2) is 0 Å². The highest BCUT2D eigenvalue weighted by Gasteiger charge is 2.15. The molecule has 0 unspecified atom stereocenters.